The minimum Gasteiger partial charge on any atom is -0.378 e. The minimum atomic E-state index is 0.367. The van der Waals surface area contributed by atoms with Crippen molar-refractivity contribution in [2.45, 2.75) is 82.6 Å². The van der Waals surface area contributed by atoms with Crippen molar-refractivity contribution in [3.63, 3.8) is 0 Å². The summed E-state index contributed by atoms with van der Waals surface area (Å²) in [5, 5.41) is 3.42. The molecule has 2 aliphatic carbocycles. The molecule has 2 saturated heterocycles. The summed E-state index contributed by atoms with van der Waals surface area (Å²) < 4.78 is 12.3. The molecule has 0 aromatic carbocycles. The predicted octanol–water partition coefficient (Wildman–Crippen LogP) is 2.18. The van der Waals surface area contributed by atoms with Gasteiger partial charge in [-0.2, -0.15) is 0 Å². The first-order valence-corrected chi connectivity index (χ1v) is 10.3. The highest BCUT2D eigenvalue weighted by Gasteiger charge is 2.45. The van der Waals surface area contributed by atoms with Crippen molar-refractivity contribution in [2.75, 3.05) is 19.9 Å². The molecule has 0 radical (unpaired) electrons. The number of nitrogens with one attached hydrogen (secondary N) is 3. The van der Waals surface area contributed by atoms with Gasteiger partial charge in [-0.1, -0.05) is 6.42 Å². The van der Waals surface area contributed by atoms with E-state index in [4.69, 9.17) is 9.47 Å². The topological polar surface area (TPSA) is 54.5 Å². The molecule has 4 aliphatic rings. The van der Waals surface area contributed by atoms with Crippen LogP contribution in [-0.2, 0) is 9.47 Å². The largest absolute Gasteiger partial charge is 0.378 e. The highest BCUT2D eigenvalue weighted by atomic mass is 16.5. The van der Waals surface area contributed by atoms with Crippen LogP contribution in [0.3, 0.4) is 0 Å². The molecular weight excluding hydrogens is 302 g/mol. The first-order valence-electron chi connectivity index (χ1n) is 10.3. The Kier molecular flexibility index (Phi) is 5.74. The van der Waals surface area contributed by atoms with Crippen LogP contribution in [0.4, 0.5) is 0 Å². The molecule has 2 saturated carbocycles. The van der Waals surface area contributed by atoms with E-state index in [1.807, 2.05) is 0 Å². The minimum absolute atomic E-state index is 0.367. The lowest BCUT2D eigenvalue weighted by Crippen LogP contribution is -2.43. The maximum absolute atomic E-state index is 6.20. The first-order chi connectivity index (χ1) is 11.8. The summed E-state index contributed by atoms with van der Waals surface area (Å²) in [6.07, 6.45) is 11.0. The van der Waals surface area contributed by atoms with Crippen molar-refractivity contribution in [1.29, 1.82) is 0 Å². The average Bonchev–Trinajstić information content (AvgIpc) is 3.03. The van der Waals surface area contributed by atoms with Crippen LogP contribution in [0.1, 0.15) is 58.3 Å². The smallest absolute Gasteiger partial charge is 0.0969 e. The summed E-state index contributed by atoms with van der Waals surface area (Å²) in [6, 6.07) is 1.28. The Balaban J connectivity index is 1.47. The van der Waals surface area contributed by atoms with Crippen molar-refractivity contribution in [2.24, 2.45) is 17.8 Å². The third-order valence-electron chi connectivity index (χ3n) is 6.97. The van der Waals surface area contributed by atoms with Gasteiger partial charge in [-0.3, -0.25) is 16.2 Å². The predicted molar refractivity (Wildman–Crippen MR) is 94.4 cm³/mol. The summed E-state index contributed by atoms with van der Waals surface area (Å²) in [4.78, 5) is 0. The van der Waals surface area contributed by atoms with Crippen LogP contribution < -0.4 is 16.2 Å². The van der Waals surface area contributed by atoms with Crippen LogP contribution in [0, 0.1) is 17.8 Å². The molecule has 6 unspecified atom stereocenters. The zero-order chi connectivity index (χ0) is 16.4. The van der Waals surface area contributed by atoms with E-state index >= 15 is 0 Å². The van der Waals surface area contributed by atoms with Gasteiger partial charge in [0, 0.05) is 18.7 Å². The van der Waals surface area contributed by atoms with Crippen molar-refractivity contribution < 1.29 is 9.47 Å². The molecule has 2 aliphatic heterocycles. The van der Waals surface area contributed by atoms with Crippen LogP contribution in [0.5, 0.6) is 0 Å². The van der Waals surface area contributed by atoms with E-state index in [2.05, 4.69) is 23.1 Å². The van der Waals surface area contributed by atoms with Gasteiger partial charge in [0.05, 0.1) is 18.9 Å². The molecule has 5 heteroatoms. The van der Waals surface area contributed by atoms with Crippen LogP contribution in [0.2, 0.25) is 0 Å². The molecule has 0 aromatic heterocycles. The van der Waals surface area contributed by atoms with Crippen LogP contribution in [-0.4, -0.2) is 44.2 Å². The van der Waals surface area contributed by atoms with Gasteiger partial charge < -0.3 is 9.47 Å². The van der Waals surface area contributed by atoms with E-state index in [1.165, 1.54) is 44.9 Å². The molecule has 0 spiro atoms. The number of hydrogen-bond acceptors (Lipinski definition) is 5. The highest BCUT2D eigenvalue weighted by molar-refractivity contribution is 4.99. The van der Waals surface area contributed by atoms with E-state index in [-0.39, 0.29) is 0 Å². The van der Waals surface area contributed by atoms with E-state index in [0.717, 1.165) is 31.4 Å². The summed E-state index contributed by atoms with van der Waals surface area (Å²) in [6.45, 7) is 4.82. The third kappa shape index (κ3) is 3.80. The van der Waals surface area contributed by atoms with Crippen LogP contribution in [0.25, 0.3) is 0 Å². The van der Waals surface area contributed by atoms with Crippen molar-refractivity contribution >= 4 is 0 Å². The number of fused-ring (bicyclic) bond motifs is 4. The average molecular weight is 338 g/mol. The Morgan fingerprint density at radius 1 is 0.875 bits per heavy atom. The van der Waals surface area contributed by atoms with Gasteiger partial charge in [-0.25, -0.2) is 0 Å². The lowest BCUT2D eigenvalue weighted by atomic mass is 9.69. The summed E-state index contributed by atoms with van der Waals surface area (Å²) in [5.41, 5.74) is 7.31. The molecule has 24 heavy (non-hydrogen) atoms. The molecular formula is C19H35N3O2. The lowest BCUT2D eigenvalue weighted by molar-refractivity contribution is -0.00887. The van der Waals surface area contributed by atoms with E-state index in [9.17, 15) is 0 Å². The Hall–Kier alpha value is -0.200. The van der Waals surface area contributed by atoms with Crippen molar-refractivity contribution in [1.82, 2.24) is 16.2 Å². The summed E-state index contributed by atoms with van der Waals surface area (Å²) >= 11 is 0. The monoisotopic (exact) mass is 337 g/mol. The van der Waals surface area contributed by atoms with E-state index in [1.54, 1.807) is 0 Å². The molecule has 4 bridgehead atoms. The molecule has 3 N–H and O–H groups in total. The summed E-state index contributed by atoms with van der Waals surface area (Å²) in [5.74, 6) is 2.24. The van der Waals surface area contributed by atoms with Gasteiger partial charge in [0.2, 0.25) is 0 Å². The van der Waals surface area contributed by atoms with Gasteiger partial charge in [0.25, 0.3) is 0 Å². The van der Waals surface area contributed by atoms with Gasteiger partial charge in [0.1, 0.15) is 0 Å². The zero-order valence-corrected chi connectivity index (χ0v) is 15.1. The number of hydrazine groups is 1. The molecule has 2 heterocycles. The molecule has 138 valence electrons. The number of ether oxygens (including phenoxy) is 2. The fraction of sp³-hybridized carbons (Fsp3) is 1.00. The van der Waals surface area contributed by atoms with E-state index in [0.29, 0.717) is 36.9 Å². The molecule has 4 rings (SSSR count). The Morgan fingerprint density at radius 2 is 1.79 bits per heavy atom. The van der Waals surface area contributed by atoms with Gasteiger partial charge >= 0.3 is 0 Å². The van der Waals surface area contributed by atoms with E-state index < -0.39 is 0 Å². The van der Waals surface area contributed by atoms with Crippen LogP contribution >= 0.6 is 0 Å². The number of rotatable bonds is 0. The van der Waals surface area contributed by atoms with Crippen molar-refractivity contribution in [3.05, 3.63) is 0 Å². The maximum atomic E-state index is 6.20. The molecule has 0 amide bonds. The Morgan fingerprint density at radius 3 is 2.75 bits per heavy atom. The second-order valence-corrected chi connectivity index (χ2v) is 8.45. The fourth-order valence-electron chi connectivity index (χ4n) is 5.54. The molecule has 7 atom stereocenters. The Labute approximate surface area is 146 Å². The normalized spacial score (nSPS) is 47.6. The lowest BCUT2D eigenvalue weighted by Gasteiger charge is -2.39. The van der Waals surface area contributed by atoms with Gasteiger partial charge in [0.15, 0.2) is 0 Å². The highest BCUT2D eigenvalue weighted by Crippen LogP contribution is 2.41. The van der Waals surface area contributed by atoms with Gasteiger partial charge in [-0.05, 0) is 76.2 Å². The SMILES string of the molecule is C[C@H]1OCNCCCOC2CCC3NNC(C4CCCC1C4)C3C2. The fourth-order valence-corrected chi connectivity index (χ4v) is 5.54. The summed E-state index contributed by atoms with van der Waals surface area (Å²) in [7, 11) is 0. The van der Waals surface area contributed by atoms with Gasteiger partial charge in [-0.15, -0.1) is 0 Å². The van der Waals surface area contributed by atoms with Crippen LogP contribution in [0.15, 0.2) is 0 Å². The standard InChI is InChI=1S/C19H35N3O2/c1-13-14-4-2-5-15(10-14)19-17-11-16(6-7-18(17)21-22-19)23-9-3-8-20-12-24-13/h13-22H,2-12H2,1H3/t13-,14?,15?,16?,17?,18?,19?/m1/s1. The van der Waals surface area contributed by atoms with Crippen molar-refractivity contribution in [3.8, 4) is 0 Å². The third-order valence-corrected chi connectivity index (χ3v) is 6.97. The second-order valence-electron chi connectivity index (χ2n) is 8.45. The first kappa shape index (κ1) is 17.2. The molecule has 4 fully saturated rings. The second kappa shape index (κ2) is 8.00. The Bertz CT molecular complexity index is 408. The maximum Gasteiger partial charge on any atom is 0.0969 e. The quantitative estimate of drug-likeness (QED) is 0.633. The number of hydrogen-bond donors (Lipinski definition) is 3. The zero-order valence-electron chi connectivity index (χ0n) is 15.1. The molecule has 5 nitrogen and oxygen atoms in total. The molecule has 0 aromatic rings.